The van der Waals surface area contributed by atoms with Gasteiger partial charge in [-0.3, -0.25) is 10.5 Å². The molecule has 7 N–H and O–H groups in total. The van der Waals surface area contributed by atoms with Crippen LogP contribution in [0.1, 0.15) is 22.8 Å². The number of anilines is 1. The van der Waals surface area contributed by atoms with Gasteiger partial charge in [0.25, 0.3) is 0 Å². The van der Waals surface area contributed by atoms with Gasteiger partial charge >= 0.3 is 5.69 Å². The Hall–Kier alpha value is -3.79. The Bertz CT molecular complexity index is 1160. The normalized spacial score (nSPS) is 11.9. The van der Waals surface area contributed by atoms with Crippen LogP contribution in [-0.4, -0.2) is 30.1 Å². The molecule has 0 bridgehead atoms. The van der Waals surface area contributed by atoms with Crippen molar-refractivity contribution in [3.63, 3.8) is 0 Å². The van der Waals surface area contributed by atoms with Crippen LogP contribution in [0.2, 0.25) is 0 Å². The third-order valence-corrected chi connectivity index (χ3v) is 3.92. The number of H-pyrrole nitrogens is 4. The summed E-state index contributed by atoms with van der Waals surface area (Å²) in [6, 6.07) is 7.49. The smallest absolute Gasteiger partial charge is 0.323 e. The third kappa shape index (κ3) is 3.75. The average molecular weight is 365 g/mol. The van der Waals surface area contributed by atoms with Gasteiger partial charge < -0.3 is 20.4 Å². The average Bonchev–Trinajstić information content (AvgIpc) is 3.33. The molecule has 0 saturated heterocycles. The summed E-state index contributed by atoms with van der Waals surface area (Å²) < 4.78 is 0. The van der Waals surface area contributed by atoms with E-state index in [1.54, 1.807) is 6.20 Å². The predicted octanol–water partition coefficient (Wildman–Crippen LogP) is 1.54. The highest BCUT2D eigenvalue weighted by molar-refractivity contribution is 5.84. The van der Waals surface area contributed by atoms with Gasteiger partial charge in [0.2, 0.25) is 0 Å². The summed E-state index contributed by atoms with van der Waals surface area (Å²) in [5.74, 6) is 1.36. The Kier molecular flexibility index (Phi) is 4.22. The first kappa shape index (κ1) is 16.7. The minimum Gasteiger partial charge on any atom is -0.343 e. The molecule has 4 aromatic rings. The number of hydrogen-bond acceptors (Lipinski definition) is 6. The monoisotopic (exact) mass is 365 g/mol. The zero-order valence-electron chi connectivity index (χ0n) is 14.8. The van der Waals surface area contributed by atoms with Crippen LogP contribution in [0.3, 0.4) is 0 Å². The number of hydrogen-bond donors (Lipinski definition) is 7. The molecule has 0 aliphatic carbocycles. The molecule has 0 aliphatic rings. The quantitative estimate of drug-likeness (QED) is 0.258. The standard InChI is InChI=1S/C17H19N9O/c1-9-5-16(24-22-9)25-26-23-13(7-15-18-8-10(2)19-15)11-3-4-12-14(6-11)21-17(27)20-12/h3-8,23,26H,1-2H3,(H,18,19)(H2,20,21,27)(H2,22,24,25)/b13-7-. The number of rotatable bonds is 6. The van der Waals surface area contributed by atoms with Crippen molar-refractivity contribution in [1.29, 1.82) is 0 Å². The van der Waals surface area contributed by atoms with Crippen LogP contribution in [0.4, 0.5) is 5.82 Å². The molecule has 0 fully saturated rings. The van der Waals surface area contributed by atoms with Crippen LogP contribution in [0.5, 0.6) is 0 Å². The van der Waals surface area contributed by atoms with Gasteiger partial charge in [0.15, 0.2) is 5.82 Å². The molecule has 0 radical (unpaired) electrons. The third-order valence-electron chi connectivity index (χ3n) is 3.92. The van der Waals surface area contributed by atoms with Gasteiger partial charge in [0, 0.05) is 35.3 Å². The van der Waals surface area contributed by atoms with Crippen molar-refractivity contribution in [2.45, 2.75) is 13.8 Å². The summed E-state index contributed by atoms with van der Waals surface area (Å²) >= 11 is 0. The van der Waals surface area contributed by atoms with Gasteiger partial charge in [0.1, 0.15) is 5.82 Å². The number of nitrogens with zero attached hydrogens (tertiary/aromatic N) is 2. The van der Waals surface area contributed by atoms with Crippen LogP contribution in [0.15, 0.2) is 35.3 Å². The molecular formula is C17H19N9O. The molecule has 3 heterocycles. The number of aromatic nitrogens is 6. The van der Waals surface area contributed by atoms with Gasteiger partial charge in [-0.15, -0.1) is 5.53 Å². The second-order valence-corrected chi connectivity index (χ2v) is 6.16. The molecule has 10 heteroatoms. The van der Waals surface area contributed by atoms with Crippen LogP contribution < -0.4 is 22.1 Å². The zero-order valence-corrected chi connectivity index (χ0v) is 14.8. The number of benzene rings is 1. The Morgan fingerprint density at radius 1 is 1.07 bits per heavy atom. The molecular weight excluding hydrogens is 346 g/mol. The highest BCUT2D eigenvalue weighted by Crippen LogP contribution is 2.18. The summed E-state index contributed by atoms with van der Waals surface area (Å²) in [7, 11) is 0. The Labute approximate surface area is 153 Å². The van der Waals surface area contributed by atoms with Gasteiger partial charge in [0.05, 0.1) is 16.7 Å². The van der Waals surface area contributed by atoms with Gasteiger partial charge in [-0.2, -0.15) is 5.10 Å². The topological polar surface area (TPSA) is 142 Å². The van der Waals surface area contributed by atoms with E-state index in [4.69, 9.17) is 0 Å². The van der Waals surface area contributed by atoms with E-state index in [0.29, 0.717) is 11.6 Å². The van der Waals surface area contributed by atoms with E-state index in [0.717, 1.165) is 33.7 Å². The van der Waals surface area contributed by atoms with E-state index >= 15 is 0 Å². The van der Waals surface area contributed by atoms with Crippen LogP contribution in [0.25, 0.3) is 22.8 Å². The number of aryl methyl sites for hydroxylation is 2. The number of aromatic amines is 4. The molecule has 0 atom stereocenters. The zero-order chi connectivity index (χ0) is 18.8. The Morgan fingerprint density at radius 3 is 2.67 bits per heavy atom. The largest absolute Gasteiger partial charge is 0.343 e. The highest BCUT2D eigenvalue weighted by atomic mass is 16.1. The fourth-order valence-electron chi connectivity index (χ4n) is 2.68. The minimum atomic E-state index is -0.240. The second-order valence-electron chi connectivity index (χ2n) is 6.16. The Balaban J connectivity index is 1.61. The van der Waals surface area contributed by atoms with E-state index in [2.05, 4.69) is 46.5 Å². The molecule has 0 unspecified atom stereocenters. The van der Waals surface area contributed by atoms with Gasteiger partial charge in [-0.05, 0) is 26.0 Å². The van der Waals surface area contributed by atoms with Crippen molar-refractivity contribution in [3.8, 4) is 0 Å². The molecule has 3 aromatic heterocycles. The number of nitrogens with one attached hydrogen (secondary N) is 7. The van der Waals surface area contributed by atoms with Gasteiger partial charge in [-0.25, -0.2) is 9.78 Å². The molecule has 10 nitrogen and oxygen atoms in total. The van der Waals surface area contributed by atoms with E-state index in [1.807, 2.05) is 44.2 Å². The van der Waals surface area contributed by atoms with Gasteiger partial charge in [-0.1, -0.05) is 6.07 Å². The van der Waals surface area contributed by atoms with E-state index in [1.165, 1.54) is 0 Å². The molecule has 138 valence electrons. The van der Waals surface area contributed by atoms with E-state index in [9.17, 15) is 4.79 Å². The first-order valence-corrected chi connectivity index (χ1v) is 8.31. The van der Waals surface area contributed by atoms with Crippen molar-refractivity contribution in [1.82, 2.24) is 41.1 Å². The van der Waals surface area contributed by atoms with Crippen LogP contribution in [0, 0.1) is 13.8 Å². The maximum atomic E-state index is 11.5. The lowest BCUT2D eigenvalue weighted by Gasteiger charge is -2.13. The van der Waals surface area contributed by atoms with Crippen LogP contribution >= 0.6 is 0 Å². The lowest BCUT2D eigenvalue weighted by Crippen LogP contribution is -2.35. The van der Waals surface area contributed by atoms with Crippen molar-refractivity contribution in [2.24, 2.45) is 0 Å². The molecule has 27 heavy (non-hydrogen) atoms. The molecule has 0 aliphatic heterocycles. The van der Waals surface area contributed by atoms with E-state index < -0.39 is 0 Å². The Morgan fingerprint density at radius 2 is 1.93 bits per heavy atom. The number of imidazole rings is 2. The van der Waals surface area contributed by atoms with Crippen molar-refractivity contribution >= 4 is 28.6 Å². The molecule has 1 aromatic carbocycles. The summed E-state index contributed by atoms with van der Waals surface area (Å²) in [5, 5.41) is 6.95. The van der Waals surface area contributed by atoms with Crippen molar-refractivity contribution in [2.75, 3.05) is 5.43 Å². The lowest BCUT2D eigenvalue weighted by atomic mass is 10.1. The maximum Gasteiger partial charge on any atom is 0.323 e. The van der Waals surface area contributed by atoms with Crippen LogP contribution in [-0.2, 0) is 0 Å². The maximum absolute atomic E-state index is 11.5. The van der Waals surface area contributed by atoms with Crippen molar-refractivity contribution < 1.29 is 0 Å². The number of fused-ring (bicyclic) bond motifs is 1. The minimum absolute atomic E-state index is 0.240. The highest BCUT2D eigenvalue weighted by Gasteiger charge is 2.07. The van der Waals surface area contributed by atoms with E-state index in [-0.39, 0.29) is 5.69 Å². The first-order chi connectivity index (χ1) is 13.1. The fraction of sp³-hybridized carbons (Fsp3) is 0.118. The molecule has 0 amide bonds. The molecule has 4 rings (SSSR count). The molecule has 0 saturated carbocycles. The van der Waals surface area contributed by atoms with Crippen molar-refractivity contribution in [3.05, 3.63) is 63.7 Å². The fourth-order valence-corrected chi connectivity index (χ4v) is 2.68. The predicted molar refractivity (Wildman–Crippen MR) is 103 cm³/mol. The second kappa shape index (κ2) is 6.84. The first-order valence-electron chi connectivity index (χ1n) is 8.31. The molecule has 0 spiro atoms. The summed E-state index contributed by atoms with van der Waals surface area (Å²) in [4.78, 5) is 24.5. The number of hydrazine groups is 2. The SMILES string of the molecule is Cc1cc(NNN/C(=C\c2ncc(C)[nH]2)c2ccc3[nH]c(=O)[nH]c3c2)n[nH]1. The lowest BCUT2D eigenvalue weighted by molar-refractivity contribution is 0.730. The summed E-state index contributed by atoms with van der Waals surface area (Å²) in [5.41, 5.74) is 13.7. The summed E-state index contributed by atoms with van der Waals surface area (Å²) in [6.45, 7) is 3.86. The summed E-state index contributed by atoms with van der Waals surface area (Å²) in [6.07, 6.45) is 3.62.